The highest BCUT2D eigenvalue weighted by atomic mass is 16.2. The normalized spacial score (nSPS) is 15.9. The lowest BCUT2D eigenvalue weighted by Gasteiger charge is -2.10. The molecule has 1 aliphatic carbocycles. The van der Waals surface area contributed by atoms with E-state index in [4.69, 9.17) is 10.8 Å². The van der Waals surface area contributed by atoms with Crippen molar-refractivity contribution in [3.8, 4) is 0 Å². The second-order valence-corrected chi connectivity index (χ2v) is 6.49. The summed E-state index contributed by atoms with van der Waals surface area (Å²) in [6.07, 6.45) is 6.61. The minimum absolute atomic E-state index is 0.163. The van der Waals surface area contributed by atoms with Crippen LogP contribution in [-0.2, 0) is 6.42 Å². The number of aromatic amines is 1. The number of nitrogens with two attached hydrogens (primary N) is 1. The maximum absolute atomic E-state index is 8.98. The van der Waals surface area contributed by atoms with Gasteiger partial charge in [0.2, 0.25) is 0 Å². The number of hydrogen-bond acceptors (Lipinski definition) is 4. The first-order chi connectivity index (χ1) is 11.3. The Balaban J connectivity index is 1.82. The maximum Gasteiger partial charge on any atom is 0.152 e. The molecular formula is C18H22N4O. The first-order valence-electron chi connectivity index (χ1n) is 8.45. The van der Waals surface area contributed by atoms with Crippen molar-refractivity contribution >= 4 is 27.8 Å². The van der Waals surface area contributed by atoms with E-state index in [-0.39, 0.29) is 6.61 Å². The fraction of sp³-hybridized carbons (Fsp3) is 0.444. The summed E-state index contributed by atoms with van der Waals surface area (Å²) in [6, 6.07) is 6.56. The van der Waals surface area contributed by atoms with Crippen molar-refractivity contribution in [1.29, 1.82) is 0 Å². The molecule has 0 bridgehead atoms. The van der Waals surface area contributed by atoms with Crippen LogP contribution >= 0.6 is 0 Å². The van der Waals surface area contributed by atoms with Gasteiger partial charge < -0.3 is 15.8 Å². The Morgan fingerprint density at radius 3 is 2.83 bits per heavy atom. The summed E-state index contributed by atoms with van der Waals surface area (Å²) in [6.45, 7) is 0.163. The number of nitrogen functional groups attached to an aromatic ring is 1. The second-order valence-electron chi connectivity index (χ2n) is 6.49. The molecule has 0 atom stereocenters. The number of anilines is 1. The fourth-order valence-electron chi connectivity index (χ4n) is 3.72. The third-order valence-electron chi connectivity index (χ3n) is 4.93. The van der Waals surface area contributed by atoms with Crippen LogP contribution in [0, 0.1) is 0 Å². The lowest BCUT2D eigenvalue weighted by molar-refractivity contribution is 0.287. The van der Waals surface area contributed by atoms with Crippen LogP contribution in [0.2, 0.25) is 0 Å². The first-order valence-corrected chi connectivity index (χ1v) is 8.45. The molecular weight excluding hydrogens is 288 g/mol. The van der Waals surface area contributed by atoms with E-state index in [1.54, 1.807) is 0 Å². The number of H-pyrrole nitrogens is 1. The van der Waals surface area contributed by atoms with Gasteiger partial charge in [0.15, 0.2) is 5.82 Å². The lowest BCUT2D eigenvalue weighted by Crippen LogP contribution is -1.96. The number of aromatic nitrogens is 3. The number of benzene rings is 1. The monoisotopic (exact) mass is 310 g/mol. The summed E-state index contributed by atoms with van der Waals surface area (Å²) < 4.78 is 0. The minimum Gasteiger partial charge on any atom is -0.396 e. The van der Waals surface area contributed by atoms with Gasteiger partial charge in [0.05, 0.1) is 11.0 Å². The van der Waals surface area contributed by atoms with Crippen LogP contribution in [0.3, 0.4) is 0 Å². The number of hydrogen-bond donors (Lipinski definition) is 3. The Kier molecular flexibility index (Phi) is 3.65. The number of imidazole rings is 1. The third kappa shape index (κ3) is 2.55. The zero-order valence-electron chi connectivity index (χ0n) is 13.2. The van der Waals surface area contributed by atoms with E-state index in [1.807, 2.05) is 0 Å². The van der Waals surface area contributed by atoms with E-state index >= 15 is 0 Å². The van der Waals surface area contributed by atoms with E-state index in [9.17, 15) is 0 Å². The summed E-state index contributed by atoms with van der Waals surface area (Å²) >= 11 is 0. The Labute approximate surface area is 134 Å². The summed E-state index contributed by atoms with van der Waals surface area (Å²) in [5.41, 5.74) is 10.1. The number of rotatable bonds is 4. The standard InChI is InChI=1S/C18H22N4O/c19-18-17-16(21-15(22-17)6-3-9-23)13-8-7-12(10-14(13)20-18)11-4-1-2-5-11/h7-8,10-11,23H,1-6,9H2,(H2,19,20)(H,21,22). The van der Waals surface area contributed by atoms with Gasteiger partial charge in [0.1, 0.15) is 11.3 Å². The summed E-state index contributed by atoms with van der Waals surface area (Å²) in [5, 5.41) is 10.1. The molecule has 0 unspecified atom stereocenters. The number of aliphatic hydroxyl groups is 1. The predicted octanol–water partition coefficient (Wildman–Crippen LogP) is 3.28. The Bertz CT molecular complexity index is 849. The highest BCUT2D eigenvalue weighted by Gasteiger charge is 2.18. The SMILES string of the molecule is Nc1nc2cc(C3CCCC3)ccc2c2[nH]c(CCCO)nc12. The first kappa shape index (κ1) is 14.5. The molecule has 4 rings (SSSR count). The molecule has 1 fully saturated rings. The van der Waals surface area contributed by atoms with Crippen molar-refractivity contribution in [1.82, 2.24) is 15.0 Å². The van der Waals surface area contributed by atoms with Crippen LogP contribution in [0.1, 0.15) is 49.4 Å². The second kappa shape index (κ2) is 5.81. The number of nitrogens with zero attached hydrogens (tertiary/aromatic N) is 2. The van der Waals surface area contributed by atoms with E-state index < -0.39 is 0 Å². The molecule has 5 heteroatoms. The number of aryl methyl sites for hydroxylation is 1. The number of pyridine rings is 1. The highest BCUT2D eigenvalue weighted by molar-refractivity contribution is 6.06. The van der Waals surface area contributed by atoms with Crippen LogP contribution in [0.25, 0.3) is 21.9 Å². The fourth-order valence-corrected chi connectivity index (χ4v) is 3.72. The zero-order chi connectivity index (χ0) is 15.8. The molecule has 0 saturated heterocycles. The quantitative estimate of drug-likeness (QED) is 0.690. The molecule has 5 nitrogen and oxygen atoms in total. The average molecular weight is 310 g/mol. The average Bonchev–Trinajstić information content (AvgIpc) is 3.22. The van der Waals surface area contributed by atoms with Crippen molar-refractivity contribution in [3.05, 3.63) is 29.6 Å². The molecule has 2 aromatic heterocycles. The van der Waals surface area contributed by atoms with Crippen LogP contribution in [0.5, 0.6) is 0 Å². The third-order valence-corrected chi connectivity index (χ3v) is 4.93. The van der Waals surface area contributed by atoms with Crippen LogP contribution in [-0.4, -0.2) is 26.7 Å². The van der Waals surface area contributed by atoms with Gasteiger partial charge in [0.25, 0.3) is 0 Å². The molecule has 0 radical (unpaired) electrons. The predicted molar refractivity (Wildman–Crippen MR) is 92.4 cm³/mol. The van der Waals surface area contributed by atoms with Gasteiger partial charge in [-0.1, -0.05) is 25.0 Å². The van der Waals surface area contributed by atoms with Crippen LogP contribution < -0.4 is 5.73 Å². The van der Waals surface area contributed by atoms with Gasteiger partial charge in [-0.2, -0.15) is 0 Å². The van der Waals surface area contributed by atoms with E-state index in [1.165, 1.54) is 31.2 Å². The largest absolute Gasteiger partial charge is 0.396 e. The van der Waals surface area contributed by atoms with Gasteiger partial charge in [-0.05, 0) is 36.8 Å². The minimum atomic E-state index is 0.163. The summed E-state index contributed by atoms with van der Waals surface area (Å²) in [5.74, 6) is 2.00. The number of nitrogens with one attached hydrogen (secondary N) is 1. The maximum atomic E-state index is 8.98. The lowest BCUT2D eigenvalue weighted by atomic mass is 9.96. The van der Waals surface area contributed by atoms with Crippen molar-refractivity contribution in [2.75, 3.05) is 12.3 Å². The summed E-state index contributed by atoms with van der Waals surface area (Å²) in [4.78, 5) is 12.5. The highest BCUT2D eigenvalue weighted by Crippen LogP contribution is 2.36. The molecule has 1 aliphatic rings. The van der Waals surface area contributed by atoms with Crippen molar-refractivity contribution in [2.24, 2.45) is 0 Å². The van der Waals surface area contributed by atoms with Gasteiger partial charge in [-0.15, -0.1) is 0 Å². The Hall–Kier alpha value is -2.14. The molecule has 0 amide bonds. The van der Waals surface area contributed by atoms with Crippen molar-refractivity contribution < 1.29 is 5.11 Å². The van der Waals surface area contributed by atoms with Crippen molar-refractivity contribution in [2.45, 2.75) is 44.4 Å². The summed E-state index contributed by atoms with van der Waals surface area (Å²) in [7, 11) is 0. The zero-order valence-corrected chi connectivity index (χ0v) is 13.2. The van der Waals surface area contributed by atoms with E-state index in [0.717, 1.165) is 27.8 Å². The molecule has 0 spiro atoms. The molecule has 2 heterocycles. The van der Waals surface area contributed by atoms with Gasteiger partial charge in [0, 0.05) is 18.4 Å². The molecule has 120 valence electrons. The molecule has 1 aromatic carbocycles. The van der Waals surface area contributed by atoms with Gasteiger partial charge in [-0.25, -0.2) is 9.97 Å². The smallest absolute Gasteiger partial charge is 0.152 e. The van der Waals surface area contributed by atoms with E-state index in [0.29, 0.717) is 24.6 Å². The van der Waals surface area contributed by atoms with E-state index in [2.05, 4.69) is 33.2 Å². The number of fused-ring (bicyclic) bond motifs is 3. The number of aliphatic hydroxyl groups excluding tert-OH is 1. The molecule has 1 saturated carbocycles. The topological polar surface area (TPSA) is 87.8 Å². The molecule has 23 heavy (non-hydrogen) atoms. The molecule has 0 aliphatic heterocycles. The Morgan fingerprint density at radius 2 is 2.04 bits per heavy atom. The Morgan fingerprint density at radius 1 is 1.22 bits per heavy atom. The van der Waals surface area contributed by atoms with Gasteiger partial charge in [-0.3, -0.25) is 0 Å². The van der Waals surface area contributed by atoms with Gasteiger partial charge >= 0.3 is 0 Å². The molecule has 4 N–H and O–H groups in total. The molecule has 3 aromatic rings. The van der Waals surface area contributed by atoms with Crippen LogP contribution in [0.15, 0.2) is 18.2 Å². The van der Waals surface area contributed by atoms with Crippen molar-refractivity contribution in [3.63, 3.8) is 0 Å². The van der Waals surface area contributed by atoms with Crippen LogP contribution in [0.4, 0.5) is 5.82 Å².